The number of hydrogen-bond donors (Lipinski definition) is 2. The first-order valence-electron chi connectivity index (χ1n) is 12.0. The minimum absolute atomic E-state index is 0.00105. The topological polar surface area (TPSA) is 60.0 Å². The highest BCUT2D eigenvalue weighted by Gasteiger charge is 2.81. The number of piperidine rings is 1. The molecule has 170 valence electrons. The second kappa shape index (κ2) is 5.78. The molecule has 2 unspecified atom stereocenters. The standard InChI is InChI=1S/C26H37NO4/c1-22(2,3)23(4,28)17-14-24-9-10-26(17,30-6)21-25(24)11-12-27-18(24)13-15-7-8-16(29-5)20(31-21)19(15)25/h7-8,17-18,21,27-28H,9-14H2,1-6H3/t17-,18-,21-,23?,24?,25+,26+/m1/s1. The Morgan fingerprint density at radius 1 is 1.13 bits per heavy atom. The van der Waals surface area contributed by atoms with Crippen LogP contribution in [0.3, 0.4) is 0 Å². The molecule has 0 aromatic heterocycles. The minimum Gasteiger partial charge on any atom is -0.493 e. The summed E-state index contributed by atoms with van der Waals surface area (Å²) in [5.74, 6) is 1.77. The van der Waals surface area contributed by atoms with Gasteiger partial charge in [0, 0.05) is 35.5 Å². The number of aliphatic hydroxyl groups is 1. The highest BCUT2D eigenvalue weighted by molar-refractivity contribution is 5.63. The van der Waals surface area contributed by atoms with Crippen molar-refractivity contribution in [1.82, 2.24) is 5.32 Å². The number of hydrogen-bond acceptors (Lipinski definition) is 5. The minimum atomic E-state index is -0.880. The molecule has 4 fully saturated rings. The lowest BCUT2D eigenvalue weighted by atomic mass is 9.33. The van der Waals surface area contributed by atoms with E-state index in [0.717, 1.165) is 50.1 Å². The van der Waals surface area contributed by atoms with Gasteiger partial charge in [0.15, 0.2) is 11.5 Å². The van der Waals surface area contributed by atoms with E-state index in [4.69, 9.17) is 14.2 Å². The molecule has 1 saturated heterocycles. The van der Waals surface area contributed by atoms with E-state index in [-0.39, 0.29) is 28.3 Å². The van der Waals surface area contributed by atoms with Crippen LogP contribution in [-0.4, -0.2) is 49.2 Å². The molecule has 5 heteroatoms. The Morgan fingerprint density at radius 3 is 2.58 bits per heavy atom. The summed E-state index contributed by atoms with van der Waals surface area (Å²) in [7, 11) is 3.57. The first-order valence-corrected chi connectivity index (χ1v) is 12.0. The second-order valence-corrected chi connectivity index (χ2v) is 12.0. The summed E-state index contributed by atoms with van der Waals surface area (Å²) >= 11 is 0. The third kappa shape index (κ3) is 1.98. The number of methoxy groups -OCH3 is 2. The zero-order chi connectivity index (χ0) is 22.0. The molecule has 0 radical (unpaired) electrons. The van der Waals surface area contributed by atoms with E-state index in [1.54, 1.807) is 7.11 Å². The Morgan fingerprint density at radius 2 is 1.90 bits per heavy atom. The van der Waals surface area contributed by atoms with Crippen LogP contribution < -0.4 is 14.8 Å². The zero-order valence-corrected chi connectivity index (χ0v) is 19.8. The van der Waals surface area contributed by atoms with E-state index in [2.05, 4.69) is 38.2 Å². The van der Waals surface area contributed by atoms with E-state index in [1.165, 1.54) is 11.1 Å². The van der Waals surface area contributed by atoms with Crippen molar-refractivity contribution < 1.29 is 19.3 Å². The maximum absolute atomic E-state index is 12.0. The van der Waals surface area contributed by atoms with Crippen LogP contribution in [0.15, 0.2) is 12.1 Å². The van der Waals surface area contributed by atoms with Crippen molar-refractivity contribution in [3.63, 3.8) is 0 Å². The molecule has 2 spiro atoms. The van der Waals surface area contributed by atoms with Crippen molar-refractivity contribution in [3.05, 3.63) is 23.3 Å². The predicted molar refractivity (Wildman–Crippen MR) is 119 cm³/mol. The van der Waals surface area contributed by atoms with E-state index in [1.807, 2.05) is 14.0 Å². The molecule has 1 aromatic rings. The molecular weight excluding hydrogens is 390 g/mol. The fraction of sp³-hybridized carbons (Fsp3) is 0.769. The highest BCUT2D eigenvalue weighted by Crippen LogP contribution is 2.77. The molecule has 7 atom stereocenters. The number of fused-ring (bicyclic) bond motifs is 2. The lowest BCUT2D eigenvalue weighted by molar-refractivity contribution is -0.303. The fourth-order valence-electron chi connectivity index (χ4n) is 8.68. The molecule has 31 heavy (non-hydrogen) atoms. The van der Waals surface area contributed by atoms with Gasteiger partial charge in [0.25, 0.3) is 0 Å². The molecule has 5 nitrogen and oxygen atoms in total. The Labute approximate surface area is 185 Å². The quantitative estimate of drug-likeness (QED) is 0.772. The van der Waals surface area contributed by atoms with Gasteiger partial charge in [0.05, 0.1) is 12.7 Å². The summed E-state index contributed by atoms with van der Waals surface area (Å²) < 4.78 is 19.3. The summed E-state index contributed by atoms with van der Waals surface area (Å²) in [4.78, 5) is 0. The van der Waals surface area contributed by atoms with Crippen LogP contribution in [0, 0.1) is 16.7 Å². The van der Waals surface area contributed by atoms with Gasteiger partial charge in [-0.15, -0.1) is 0 Å². The molecular formula is C26H37NO4. The van der Waals surface area contributed by atoms with Gasteiger partial charge in [0.1, 0.15) is 11.7 Å². The summed E-state index contributed by atoms with van der Waals surface area (Å²) in [6.45, 7) is 9.48. The van der Waals surface area contributed by atoms with Gasteiger partial charge in [-0.3, -0.25) is 0 Å². The molecule has 0 amide bonds. The van der Waals surface area contributed by atoms with Crippen LogP contribution in [0.25, 0.3) is 0 Å². The number of benzene rings is 1. The third-order valence-electron chi connectivity index (χ3n) is 10.6. The van der Waals surface area contributed by atoms with Crippen LogP contribution in [-0.2, 0) is 16.6 Å². The van der Waals surface area contributed by atoms with Gasteiger partial charge in [-0.05, 0) is 62.6 Å². The summed E-state index contributed by atoms with van der Waals surface area (Å²) in [6.07, 6.45) is 4.99. The normalized spacial score (nSPS) is 43.8. The van der Waals surface area contributed by atoms with Gasteiger partial charge in [-0.2, -0.15) is 0 Å². The second-order valence-electron chi connectivity index (χ2n) is 12.0. The molecule has 2 N–H and O–H groups in total. The van der Waals surface area contributed by atoms with Gasteiger partial charge in [0.2, 0.25) is 0 Å². The maximum atomic E-state index is 12.0. The largest absolute Gasteiger partial charge is 0.493 e. The first-order chi connectivity index (χ1) is 14.6. The predicted octanol–water partition coefficient (Wildman–Crippen LogP) is 3.59. The average Bonchev–Trinajstić information content (AvgIpc) is 3.09. The highest BCUT2D eigenvalue weighted by atomic mass is 16.6. The molecule has 1 aromatic carbocycles. The molecule has 4 aliphatic carbocycles. The molecule has 6 aliphatic rings. The SMILES string of the molecule is COc1ccc2c3c1O[C@H]1[C@]4(OC)CCC5(C[C@@H]4C(C)(O)C(C)(C)C)[C@@H](C2)NCC[C@]315. The Hall–Kier alpha value is -1.30. The fourth-order valence-corrected chi connectivity index (χ4v) is 8.68. The van der Waals surface area contributed by atoms with Crippen LogP contribution in [0.4, 0.5) is 0 Å². The smallest absolute Gasteiger partial charge is 0.165 e. The Bertz CT molecular complexity index is 951. The van der Waals surface area contributed by atoms with Gasteiger partial charge >= 0.3 is 0 Å². The van der Waals surface area contributed by atoms with E-state index in [9.17, 15) is 5.11 Å². The average molecular weight is 428 g/mol. The zero-order valence-electron chi connectivity index (χ0n) is 19.8. The van der Waals surface area contributed by atoms with Crippen molar-refractivity contribution in [2.45, 2.75) is 88.6 Å². The lowest BCUT2D eigenvalue weighted by Crippen LogP contribution is -2.83. The van der Waals surface area contributed by atoms with Crippen LogP contribution >= 0.6 is 0 Å². The monoisotopic (exact) mass is 427 g/mol. The Balaban J connectivity index is 1.64. The van der Waals surface area contributed by atoms with Gasteiger partial charge in [-0.25, -0.2) is 0 Å². The summed E-state index contributed by atoms with van der Waals surface area (Å²) in [5, 5.41) is 15.9. The summed E-state index contributed by atoms with van der Waals surface area (Å²) in [5.41, 5.74) is 1.13. The van der Waals surface area contributed by atoms with Crippen molar-refractivity contribution in [2.75, 3.05) is 20.8 Å². The molecule has 7 rings (SSSR count). The van der Waals surface area contributed by atoms with Crippen LogP contribution in [0.1, 0.15) is 64.5 Å². The molecule has 2 aliphatic heterocycles. The first kappa shape index (κ1) is 20.3. The molecule has 3 saturated carbocycles. The van der Waals surface area contributed by atoms with Crippen LogP contribution in [0.5, 0.6) is 11.5 Å². The van der Waals surface area contributed by atoms with Gasteiger partial charge < -0.3 is 24.6 Å². The van der Waals surface area contributed by atoms with Crippen molar-refractivity contribution >= 4 is 0 Å². The van der Waals surface area contributed by atoms with Gasteiger partial charge in [-0.1, -0.05) is 26.8 Å². The van der Waals surface area contributed by atoms with Crippen molar-refractivity contribution in [1.29, 1.82) is 0 Å². The number of rotatable bonds is 3. The lowest BCUT2D eigenvalue weighted by Gasteiger charge is -2.74. The maximum Gasteiger partial charge on any atom is 0.165 e. The number of ether oxygens (including phenoxy) is 3. The van der Waals surface area contributed by atoms with Crippen LogP contribution in [0.2, 0.25) is 0 Å². The molecule has 2 heterocycles. The summed E-state index contributed by atoms with van der Waals surface area (Å²) in [6, 6.07) is 4.73. The van der Waals surface area contributed by atoms with E-state index < -0.39 is 11.2 Å². The van der Waals surface area contributed by atoms with E-state index in [0.29, 0.717) is 6.04 Å². The third-order valence-corrected chi connectivity index (χ3v) is 10.6. The Kier molecular flexibility index (Phi) is 3.79. The van der Waals surface area contributed by atoms with E-state index >= 15 is 0 Å². The van der Waals surface area contributed by atoms with Crippen molar-refractivity contribution in [3.8, 4) is 11.5 Å². The number of nitrogens with one attached hydrogen (secondary N) is 1. The molecule has 4 bridgehead atoms. The van der Waals surface area contributed by atoms with Crippen molar-refractivity contribution in [2.24, 2.45) is 16.7 Å².